The number of nitrogens with two attached hydrogens (primary N) is 2. The van der Waals surface area contributed by atoms with Crippen LogP contribution >= 0.6 is 0 Å². The van der Waals surface area contributed by atoms with Gasteiger partial charge >= 0.3 is 0 Å². The molecule has 1 aromatic carbocycles. The first kappa shape index (κ1) is 19.6. The van der Waals surface area contributed by atoms with Gasteiger partial charge in [-0.15, -0.1) is 0 Å². The minimum absolute atomic E-state index is 0.223. The Hall–Kier alpha value is -2.74. The van der Waals surface area contributed by atoms with Crippen molar-refractivity contribution in [1.82, 2.24) is 19.5 Å². The third-order valence-electron chi connectivity index (χ3n) is 5.50. The van der Waals surface area contributed by atoms with Crippen LogP contribution in [-0.2, 0) is 0 Å². The van der Waals surface area contributed by atoms with Crippen LogP contribution in [0.1, 0.15) is 38.3 Å². The zero-order chi connectivity index (χ0) is 20.8. The number of fused-ring (bicyclic) bond motifs is 1. The van der Waals surface area contributed by atoms with E-state index in [9.17, 15) is 8.78 Å². The third kappa shape index (κ3) is 3.89. The first-order valence-corrected chi connectivity index (χ1v) is 9.82. The van der Waals surface area contributed by atoms with E-state index < -0.39 is 11.5 Å². The summed E-state index contributed by atoms with van der Waals surface area (Å²) in [5.74, 6) is 0.114. The monoisotopic (exact) mass is 400 g/mol. The second kappa shape index (κ2) is 7.26. The maximum atomic E-state index is 14.6. The van der Waals surface area contributed by atoms with Gasteiger partial charge in [0.2, 0.25) is 0 Å². The average Bonchev–Trinajstić information content (AvgIpc) is 3.02. The number of piperidine rings is 1. The molecule has 4 rings (SSSR count). The summed E-state index contributed by atoms with van der Waals surface area (Å²) in [5, 5.41) is 4.39. The van der Waals surface area contributed by atoms with Crippen molar-refractivity contribution >= 4 is 17.0 Å². The molecular formula is C21H26F2N6. The van der Waals surface area contributed by atoms with E-state index in [4.69, 9.17) is 11.5 Å². The number of hydrogen-bond donors (Lipinski definition) is 2. The van der Waals surface area contributed by atoms with Gasteiger partial charge in [-0.05, 0) is 64.0 Å². The van der Waals surface area contributed by atoms with Crippen LogP contribution < -0.4 is 11.5 Å². The zero-order valence-electron chi connectivity index (χ0n) is 16.7. The minimum Gasteiger partial charge on any atom is -0.399 e. The van der Waals surface area contributed by atoms with Gasteiger partial charge in [0.1, 0.15) is 23.3 Å². The number of aromatic nitrogens is 3. The Bertz CT molecular complexity index is 1030. The van der Waals surface area contributed by atoms with Gasteiger partial charge in [-0.3, -0.25) is 0 Å². The largest absolute Gasteiger partial charge is 0.399 e. The molecule has 1 aliphatic rings. The summed E-state index contributed by atoms with van der Waals surface area (Å²) < 4.78 is 30.4. The fraction of sp³-hybridized carbons (Fsp3) is 0.429. The number of hydrogen-bond acceptors (Lipinski definition) is 5. The molecule has 29 heavy (non-hydrogen) atoms. The first-order chi connectivity index (χ1) is 13.7. The lowest BCUT2D eigenvalue weighted by atomic mass is 9.92. The Morgan fingerprint density at radius 2 is 1.86 bits per heavy atom. The predicted octanol–water partition coefficient (Wildman–Crippen LogP) is 3.63. The van der Waals surface area contributed by atoms with E-state index in [0.717, 1.165) is 31.6 Å². The highest BCUT2D eigenvalue weighted by Crippen LogP contribution is 2.38. The molecule has 0 spiro atoms. The molecular weight excluding hydrogens is 374 g/mol. The molecule has 2 aromatic heterocycles. The van der Waals surface area contributed by atoms with Gasteiger partial charge in [-0.25, -0.2) is 18.3 Å². The van der Waals surface area contributed by atoms with Gasteiger partial charge in [-0.2, -0.15) is 5.10 Å². The topological polar surface area (TPSA) is 85.5 Å². The fourth-order valence-corrected chi connectivity index (χ4v) is 4.26. The van der Waals surface area contributed by atoms with Crippen molar-refractivity contribution in [2.75, 3.05) is 31.1 Å². The molecule has 8 heteroatoms. The standard InChI is InChI=1S/C21H26F2N6/c1-21(2,23)11-28-7-5-13(6-8-28)18-10-16(15-4-3-14(24)9-17(15)22)19-20(25)26-12-27-29(18)19/h3-4,9-10,12-13H,5-8,11,24H2,1-2H3,(H2,25,26,27). The molecule has 154 valence electrons. The number of likely N-dealkylation sites (tertiary alicyclic amines) is 1. The Morgan fingerprint density at radius 3 is 2.52 bits per heavy atom. The van der Waals surface area contributed by atoms with E-state index in [2.05, 4.69) is 15.0 Å². The highest BCUT2D eigenvalue weighted by molar-refractivity contribution is 5.89. The average molecular weight is 400 g/mol. The van der Waals surface area contributed by atoms with Crippen molar-refractivity contribution in [2.24, 2.45) is 0 Å². The molecule has 0 unspecified atom stereocenters. The normalized spacial score (nSPS) is 16.6. The van der Waals surface area contributed by atoms with Gasteiger partial charge in [0, 0.05) is 35.0 Å². The van der Waals surface area contributed by atoms with E-state index in [0.29, 0.717) is 34.7 Å². The van der Waals surface area contributed by atoms with Crippen molar-refractivity contribution in [3.05, 3.63) is 42.1 Å². The van der Waals surface area contributed by atoms with Gasteiger partial charge in [0.25, 0.3) is 0 Å². The second-order valence-electron chi connectivity index (χ2n) is 8.40. The number of anilines is 2. The molecule has 0 radical (unpaired) electrons. The Balaban J connectivity index is 1.71. The van der Waals surface area contributed by atoms with E-state index in [1.165, 1.54) is 12.4 Å². The van der Waals surface area contributed by atoms with Crippen LogP contribution in [0.15, 0.2) is 30.6 Å². The van der Waals surface area contributed by atoms with Gasteiger partial charge < -0.3 is 16.4 Å². The van der Waals surface area contributed by atoms with Crippen molar-refractivity contribution < 1.29 is 8.78 Å². The minimum atomic E-state index is -1.21. The summed E-state index contributed by atoms with van der Waals surface area (Å²) in [6.07, 6.45) is 3.15. The molecule has 3 aromatic rings. The van der Waals surface area contributed by atoms with Crippen LogP contribution in [0.2, 0.25) is 0 Å². The second-order valence-corrected chi connectivity index (χ2v) is 8.40. The van der Waals surface area contributed by atoms with E-state index in [1.807, 2.05) is 6.07 Å². The summed E-state index contributed by atoms with van der Waals surface area (Å²) in [4.78, 5) is 6.25. The van der Waals surface area contributed by atoms with Crippen molar-refractivity contribution in [3.8, 4) is 11.1 Å². The maximum Gasteiger partial charge on any atom is 0.151 e. The third-order valence-corrected chi connectivity index (χ3v) is 5.50. The zero-order valence-corrected chi connectivity index (χ0v) is 16.7. The summed E-state index contributed by atoms with van der Waals surface area (Å²) >= 11 is 0. The SMILES string of the molecule is CC(C)(F)CN1CCC(c2cc(-c3ccc(N)cc3F)c3c(N)ncnn23)CC1. The number of nitrogen functional groups attached to an aromatic ring is 2. The predicted molar refractivity (Wildman–Crippen MR) is 111 cm³/mol. The number of halogens is 2. The maximum absolute atomic E-state index is 14.6. The molecule has 1 aliphatic heterocycles. The van der Waals surface area contributed by atoms with Gasteiger partial charge in [0.15, 0.2) is 5.82 Å². The molecule has 3 heterocycles. The van der Waals surface area contributed by atoms with Gasteiger partial charge in [-0.1, -0.05) is 0 Å². The lowest BCUT2D eigenvalue weighted by Crippen LogP contribution is -2.40. The molecule has 0 bridgehead atoms. The highest BCUT2D eigenvalue weighted by Gasteiger charge is 2.29. The molecule has 0 saturated carbocycles. The van der Waals surface area contributed by atoms with Crippen molar-refractivity contribution in [2.45, 2.75) is 38.3 Å². The van der Waals surface area contributed by atoms with Crippen LogP contribution in [0.3, 0.4) is 0 Å². The Kier molecular flexibility index (Phi) is 4.90. The quantitative estimate of drug-likeness (QED) is 0.653. The van der Waals surface area contributed by atoms with Gasteiger partial charge in [0.05, 0.1) is 0 Å². The smallest absolute Gasteiger partial charge is 0.151 e. The van der Waals surface area contributed by atoms with E-state index >= 15 is 0 Å². The van der Waals surface area contributed by atoms with Crippen LogP contribution in [0.4, 0.5) is 20.3 Å². The van der Waals surface area contributed by atoms with Crippen LogP contribution in [0, 0.1) is 5.82 Å². The van der Waals surface area contributed by atoms with Crippen LogP contribution in [-0.4, -0.2) is 44.8 Å². The van der Waals surface area contributed by atoms with E-state index in [1.54, 1.807) is 30.5 Å². The lowest BCUT2D eigenvalue weighted by molar-refractivity contribution is 0.105. The lowest BCUT2D eigenvalue weighted by Gasteiger charge is -2.34. The molecule has 4 N–H and O–H groups in total. The molecule has 0 atom stereocenters. The van der Waals surface area contributed by atoms with Crippen molar-refractivity contribution in [1.29, 1.82) is 0 Å². The number of nitrogens with zero attached hydrogens (tertiary/aromatic N) is 4. The molecule has 0 amide bonds. The highest BCUT2D eigenvalue weighted by atomic mass is 19.1. The molecule has 1 fully saturated rings. The molecule has 1 saturated heterocycles. The summed E-state index contributed by atoms with van der Waals surface area (Å²) in [6.45, 7) is 5.24. The molecule has 6 nitrogen and oxygen atoms in total. The van der Waals surface area contributed by atoms with E-state index in [-0.39, 0.29) is 5.92 Å². The van der Waals surface area contributed by atoms with Crippen LogP contribution in [0.5, 0.6) is 0 Å². The Labute approximate surface area is 168 Å². The van der Waals surface area contributed by atoms with Crippen LogP contribution in [0.25, 0.3) is 16.6 Å². The number of alkyl halides is 1. The summed E-state index contributed by atoms with van der Waals surface area (Å²) in [5.41, 5.74) is 13.6. The van der Waals surface area contributed by atoms with Crippen molar-refractivity contribution in [3.63, 3.8) is 0 Å². The fourth-order valence-electron chi connectivity index (χ4n) is 4.26. The Morgan fingerprint density at radius 1 is 1.14 bits per heavy atom. The number of rotatable bonds is 4. The summed E-state index contributed by atoms with van der Waals surface area (Å²) in [6, 6.07) is 6.57. The summed E-state index contributed by atoms with van der Waals surface area (Å²) in [7, 11) is 0. The molecule has 0 aliphatic carbocycles. The number of benzene rings is 1. The first-order valence-electron chi connectivity index (χ1n) is 9.82.